The lowest BCUT2D eigenvalue weighted by molar-refractivity contribution is -0.139. The van der Waals surface area contributed by atoms with Crippen LogP contribution < -0.4 is 0 Å². The minimum Gasteiger partial charge on any atom is -0.466 e. The van der Waals surface area contributed by atoms with Gasteiger partial charge in [0.05, 0.1) is 51.1 Å². The first kappa shape index (κ1) is 24.5. The average molecular weight is 440 g/mol. The largest absolute Gasteiger partial charge is 0.466 e. The Labute approximate surface area is 173 Å². The number of nitriles is 2. The molecule has 0 bridgehead atoms. The Morgan fingerprint density at radius 1 is 1.10 bits per heavy atom. The van der Waals surface area contributed by atoms with Gasteiger partial charge in [0.2, 0.25) is 0 Å². The maximum Gasteiger partial charge on any atom is 0.369 e. The molecule has 0 amide bonds. The molecule has 9 nitrogen and oxygen atoms in total. The highest BCUT2D eigenvalue weighted by atomic mass is 32.1. The first-order valence-electron chi connectivity index (χ1n) is 8.48. The molecule has 1 rings (SSSR count). The Morgan fingerprint density at radius 3 is 2.03 bits per heavy atom. The van der Waals surface area contributed by atoms with E-state index in [-0.39, 0.29) is 13.2 Å². The highest BCUT2D eigenvalue weighted by Gasteiger charge is 2.46. The Kier molecular flexibility index (Phi) is 9.73. The summed E-state index contributed by atoms with van der Waals surface area (Å²) in [6.07, 6.45) is 0. The first-order chi connectivity index (χ1) is 13.8. The lowest BCUT2D eigenvalue weighted by atomic mass is 9.85. The van der Waals surface area contributed by atoms with Crippen molar-refractivity contribution in [3.05, 3.63) is 33.3 Å². The summed E-state index contributed by atoms with van der Waals surface area (Å²) < 4.78 is 33.5. The van der Waals surface area contributed by atoms with E-state index in [1.807, 2.05) is 0 Å². The molecule has 1 atom stereocenters. The summed E-state index contributed by atoms with van der Waals surface area (Å²) in [5.41, 5.74) is -0.472. The molecule has 0 fully saturated rings. The molecule has 0 N–H and O–H groups in total. The van der Waals surface area contributed by atoms with E-state index in [1.165, 1.54) is 13.8 Å². The number of methoxy groups -OCH3 is 2. The average Bonchev–Trinajstić information content (AvgIpc) is 3.24. The first-order valence-corrected chi connectivity index (χ1v) is 10.9. The minimum absolute atomic E-state index is 0.101. The molecule has 29 heavy (non-hydrogen) atoms. The van der Waals surface area contributed by atoms with Crippen LogP contribution in [0.3, 0.4) is 0 Å². The van der Waals surface area contributed by atoms with Gasteiger partial charge in [-0.3, -0.25) is 4.57 Å². The maximum atomic E-state index is 13.5. The van der Waals surface area contributed by atoms with Crippen molar-refractivity contribution in [1.82, 2.24) is 0 Å². The Balaban J connectivity index is 4.06. The van der Waals surface area contributed by atoms with E-state index in [2.05, 4.69) is 0 Å². The zero-order valence-electron chi connectivity index (χ0n) is 16.4. The van der Waals surface area contributed by atoms with Gasteiger partial charge in [0.1, 0.15) is 5.92 Å². The quantitative estimate of drug-likeness (QED) is 0.305. The fraction of sp³-hybridized carbons (Fsp3) is 0.444. The van der Waals surface area contributed by atoms with Crippen molar-refractivity contribution in [3.8, 4) is 12.1 Å². The van der Waals surface area contributed by atoms with E-state index in [9.17, 15) is 24.7 Å². The molecule has 0 aromatic carbocycles. The molecule has 0 spiro atoms. The van der Waals surface area contributed by atoms with Crippen LogP contribution in [0.25, 0.3) is 0 Å². The van der Waals surface area contributed by atoms with Crippen LogP contribution in [0.15, 0.2) is 28.4 Å². The summed E-state index contributed by atoms with van der Waals surface area (Å²) >= 11 is 1.15. The number of carbonyl (C=O) groups excluding carboxylic acids is 2. The highest BCUT2D eigenvalue weighted by Crippen LogP contribution is 2.59. The fourth-order valence-corrected chi connectivity index (χ4v) is 5.30. The lowest BCUT2D eigenvalue weighted by Gasteiger charge is -2.25. The Morgan fingerprint density at radius 2 is 1.66 bits per heavy atom. The summed E-state index contributed by atoms with van der Waals surface area (Å²) in [4.78, 5) is 25.8. The van der Waals surface area contributed by atoms with E-state index < -0.39 is 42.3 Å². The van der Waals surface area contributed by atoms with Crippen molar-refractivity contribution < 1.29 is 32.7 Å². The molecule has 1 heterocycles. The summed E-state index contributed by atoms with van der Waals surface area (Å²) in [7, 11) is -2.26. The molecule has 0 aliphatic heterocycles. The van der Waals surface area contributed by atoms with Crippen LogP contribution in [0.4, 0.5) is 0 Å². The van der Waals surface area contributed by atoms with Gasteiger partial charge in [-0.25, -0.2) is 9.59 Å². The van der Waals surface area contributed by atoms with Crippen LogP contribution in [0.5, 0.6) is 0 Å². The molecule has 1 aromatic rings. The van der Waals surface area contributed by atoms with Crippen LogP contribution in [0.1, 0.15) is 24.6 Å². The Hall–Kier alpha value is -2.49. The molecule has 1 unspecified atom stereocenters. The molecule has 0 aliphatic rings. The van der Waals surface area contributed by atoms with E-state index in [1.54, 1.807) is 29.7 Å². The van der Waals surface area contributed by atoms with E-state index in [0.29, 0.717) is 4.88 Å². The van der Waals surface area contributed by atoms with Crippen molar-refractivity contribution in [1.29, 1.82) is 10.5 Å². The molecule has 0 aliphatic carbocycles. The van der Waals surface area contributed by atoms with E-state index in [0.717, 1.165) is 25.6 Å². The van der Waals surface area contributed by atoms with Crippen LogP contribution in [-0.4, -0.2) is 39.4 Å². The molecular formula is C18H21N2O7PS. The van der Waals surface area contributed by atoms with Gasteiger partial charge in [-0.2, -0.15) is 10.5 Å². The number of ether oxygens (including phenoxy) is 2. The molecule has 156 valence electrons. The number of thiophene rings is 1. The minimum atomic E-state index is -4.35. The van der Waals surface area contributed by atoms with E-state index >= 15 is 0 Å². The smallest absolute Gasteiger partial charge is 0.369 e. The zero-order valence-corrected chi connectivity index (χ0v) is 18.1. The van der Waals surface area contributed by atoms with Gasteiger partial charge in [0.25, 0.3) is 0 Å². The zero-order chi connectivity index (χ0) is 22.0. The number of hydrogen-bond donors (Lipinski definition) is 0. The van der Waals surface area contributed by atoms with Crippen molar-refractivity contribution >= 4 is 30.9 Å². The summed E-state index contributed by atoms with van der Waals surface area (Å²) in [6, 6.07) is 6.85. The number of esters is 2. The molecule has 1 aromatic heterocycles. The highest BCUT2D eigenvalue weighted by molar-refractivity contribution is 7.60. The lowest BCUT2D eigenvalue weighted by Crippen LogP contribution is -2.24. The second-order valence-corrected chi connectivity index (χ2v) is 8.25. The summed E-state index contributed by atoms with van der Waals surface area (Å²) in [5, 5.41) is 20.0. The summed E-state index contributed by atoms with van der Waals surface area (Å²) in [5.74, 6) is -4.83. The van der Waals surface area contributed by atoms with Crippen molar-refractivity contribution in [3.63, 3.8) is 0 Å². The number of nitrogens with zero attached hydrogens (tertiary/aromatic N) is 2. The maximum absolute atomic E-state index is 13.5. The van der Waals surface area contributed by atoms with Crippen molar-refractivity contribution in [2.24, 2.45) is 5.92 Å². The topological polar surface area (TPSA) is 136 Å². The predicted molar refractivity (Wildman–Crippen MR) is 104 cm³/mol. The molecular weight excluding hydrogens is 419 g/mol. The van der Waals surface area contributed by atoms with Crippen LogP contribution >= 0.6 is 18.9 Å². The van der Waals surface area contributed by atoms with Crippen LogP contribution in [-0.2, 0) is 32.7 Å². The van der Waals surface area contributed by atoms with Gasteiger partial charge in [-0.05, 0) is 25.3 Å². The van der Waals surface area contributed by atoms with Gasteiger partial charge in [-0.1, -0.05) is 6.07 Å². The Bertz CT molecular complexity index is 859. The van der Waals surface area contributed by atoms with Crippen molar-refractivity contribution in [2.45, 2.75) is 19.8 Å². The molecule has 11 heteroatoms. The fourth-order valence-electron chi connectivity index (χ4n) is 2.57. The molecule has 0 saturated carbocycles. The van der Waals surface area contributed by atoms with Crippen molar-refractivity contribution in [2.75, 3.05) is 27.4 Å². The molecule has 0 saturated heterocycles. The van der Waals surface area contributed by atoms with Gasteiger partial charge in [0.15, 0.2) is 5.31 Å². The predicted octanol–water partition coefficient (Wildman–Crippen LogP) is 3.36. The second-order valence-electron chi connectivity index (χ2n) is 5.31. The van der Waals surface area contributed by atoms with Crippen LogP contribution in [0, 0.1) is 28.6 Å². The number of rotatable bonds is 10. The van der Waals surface area contributed by atoms with Gasteiger partial charge < -0.3 is 18.5 Å². The van der Waals surface area contributed by atoms with Gasteiger partial charge >= 0.3 is 19.5 Å². The number of hydrogen-bond acceptors (Lipinski definition) is 10. The van der Waals surface area contributed by atoms with Gasteiger partial charge in [-0.15, -0.1) is 11.3 Å². The molecule has 0 radical (unpaired) electrons. The third-order valence-corrected chi connectivity index (χ3v) is 6.81. The monoisotopic (exact) mass is 440 g/mol. The van der Waals surface area contributed by atoms with Gasteiger partial charge in [0, 0.05) is 4.88 Å². The third-order valence-electron chi connectivity index (χ3n) is 3.68. The number of carbonyl (C=O) groups is 2. The second kappa shape index (κ2) is 11.5. The normalized spacial score (nSPS) is 13.1. The van der Waals surface area contributed by atoms with Crippen LogP contribution in [0.2, 0.25) is 0 Å². The van der Waals surface area contributed by atoms with E-state index in [4.69, 9.17) is 18.5 Å². The summed E-state index contributed by atoms with van der Waals surface area (Å²) in [6.45, 7) is 2.86. The standard InChI is InChI=1S/C18H21N2O7PS/c1-5-26-28(23,27-6-2)16(18(22)25-4)15(17(21)24-3)14(12(10-19)11-20)13-8-7-9-29-13/h7-9,12,14H,5-6H2,1-4H3/b16-15+. The third kappa shape index (κ3) is 5.53. The SMILES string of the molecule is CCOP(=O)(OCC)/C(C(=O)OC)=C(/C(=O)OC)C(c1cccs1)C(C#N)C#N.